The molecule has 0 aliphatic carbocycles. The number of quaternary nitrogens is 1. The normalized spacial score (nSPS) is 16.4. The Morgan fingerprint density at radius 2 is 1.87 bits per heavy atom. The molecule has 3 heteroatoms. The molecule has 3 nitrogen and oxygen atoms in total. The summed E-state index contributed by atoms with van der Waals surface area (Å²) < 4.78 is 5.31. The highest BCUT2D eigenvalue weighted by Gasteiger charge is 2.22. The zero-order chi connectivity index (χ0) is 16.1. The molecule has 2 N–H and O–H groups in total. The minimum Gasteiger partial charge on any atom is -0.497 e. The standard InChI is InChI=1S/C20H26N2O/c1-16-6-3-4-7-17(16)15-22-12-10-18(11-13-22)21-19-8-5-9-20(14-19)23-2/h3-9,14,18,21H,10-13,15H2,1-2H3/p+1. The summed E-state index contributed by atoms with van der Waals surface area (Å²) in [6, 6.07) is 17.8. The molecular weight excluding hydrogens is 284 g/mol. The average molecular weight is 311 g/mol. The number of ether oxygens (including phenoxy) is 1. The molecular formula is C20H27N2O+. The van der Waals surface area contributed by atoms with Crippen LogP contribution in [0.15, 0.2) is 48.5 Å². The van der Waals surface area contributed by atoms with Gasteiger partial charge in [0, 0.05) is 38.5 Å². The molecule has 2 aromatic rings. The van der Waals surface area contributed by atoms with Crippen molar-refractivity contribution in [2.24, 2.45) is 0 Å². The summed E-state index contributed by atoms with van der Waals surface area (Å²) in [6.07, 6.45) is 2.48. The maximum absolute atomic E-state index is 5.31. The summed E-state index contributed by atoms with van der Waals surface area (Å²) in [4.78, 5) is 2.58. The van der Waals surface area contributed by atoms with Gasteiger partial charge in [0.15, 0.2) is 0 Å². The molecule has 1 aliphatic heterocycles. The number of hydrogen-bond acceptors (Lipinski definition) is 2. The van der Waals surface area contributed by atoms with Crippen LogP contribution in [0.4, 0.5) is 5.69 Å². The fourth-order valence-electron chi connectivity index (χ4n) is 3.32. The van der Waals surface area contributed by atoms with Crippen molar-refractivity contribution in [3.8, 4) is 5.75 Å². The number of nitrogens with two attached hydrogens (primary N) is 1. The van der Waals surface area contributed by atoms with E-state index in [9.17, 15) is 0 Å². The summed E-state index contributed by atoms with van der Waals surface area (Å²) in [5, 5.41) is 2.41. The van der Waals surface area contributed by atoms with Crippen molar-refractivity contribution >= 4 is 5.69 Å². The summed E-state index contributed by atoms with van der Waals surface area (Å²) in [7, 11) is 1.73. The van der Waals surface area contributed by atoms with Crippen LogP contribution in [-0.2, 0) is 6.54 Å². The van der Waals surface area contributed by atoms with Crippen LogP contribution in [0.5, 0.6) is 5.75 Å². The lowest BCUT2D eigenvalue weighted by molar-refractivity contribution is -0.614. The molecule has 0 aromatic heterocycles. The van der Waals surface area contributed by atoms with E-state index in [1.165, 1.54) is 42.7 Å². The predicted octanol–water partition coefficient (Wildman–Crippen LogP) is 2.86. The van der Waals surface area contributed by atoms with Crippen molar-refractivity contribution in [1.29, 1.82) is 0 Å². The van der Waals surface area contributed by atoms with E-state index >= 15 is 0 Å². The molecule has 0 radical (unpaired) electrons. The third kappa shape index (κ3) is 4.34. The first-order valence-electron chi connectivity index (χ1n) is 8.50. The van der Waals surface area contributed by atoms with Gasteiger partial charge in [0.05, 0.1) is 13.2 Å². The number of nitrogens with zero attached hydrogens (tertiary/aromatic N) is 1. The maximum Gasteiger partial charge on any atom is 0.133 e. The van der Waals surface area contributed by atoms with Gasteiger partial charge in [-0.05, 0) is 30.2 Å². The van der Waals surface area contributed by atoms with E-state index < -0.39 is 0 Å². The Bertz CT molecular complexity index is 633. The number of rotatable bonds is 5. The second-order valence-corrected chi connectivity index (χ2v) is 6.48. The van der Waals surface area contributed by atoms with Gasteiger partial charge in [-0.25, -0.2) is 0 Å². The van der Waals surface area contributed by atoms with Crippen molar-refractivity contribution in [3.05, 3.63) is 59.7 Å². The Hall–Kier alpha value is -1.84. The summed E-state index contributed by atoms with van der Waals surface area (Å²) >= 11 is 0. The van der Waals surface area contributed by atoms with E-state index in [1.54, 1.807) is 7.11 Å². The van der Waals surface area contributed by atoms with Gasteiger partial charge in [-0.2, -0.15) is 0 Å². The second-order valence-electron chi connectivity index (χ2n) is 6.48. The highest BCUT2D eigenvalue weighted by Crippen LogP contribution is 2.17. The molecule has 122 valence electrons. The minimum absolute atomic E-state index is 0.676. The summed E-state index contributed by atoms with van der Waals surface area (Å²) in [5.74, 6) is 0.940. The Kier molecular flexibility index (Phi) is 5.31. The first-order chi connectivity index (χ1) is 11.2. The molecule has 0 amide bonds. The average Bonchev–Trinajstić information content (AvgIpc) is 2.59. The van der Waals surface area contributed by atoms with E-state index in [-0.39, 0.29) is 0 Å². The first kappa shape index (κ1) is 16.0. The van der Waals surface area contributed by atoms with Crippen LogP contribution in [0.3, 0.4) is 0 Å². The van der Waals surface area contributed by atoms with Gasteiger partial charge in [-0.15, -0.1) is 0 Å². The van der Waals surface area contributed by atoms with Gasteiger partial charge in [0.2, 0.25) is 0 Å². The molecule has 0 saturated carbocycles. The monoisotopic (exact) mass is 311 g/mol. The van der Waals surface area contributed by atoms with Crippen molar-refractivity contribution in [3.63, 3.8) is 0 Å². The number of likely N-dealkylation sites (tertiary alicyclic amines) is 1. The molecule has 0 bridgehead atoms. The summed E-state index contributed by atoms with van der Waals surface area (Å²) in [6.45, 7) is 5.65. The number of methoxy groups -OCH3 is 1. The zero-order valence-electron chi connectivity index (χ0n) is 14.2. The summed E-state index contributed by atoms with van der Waals surface area (Å²) in [5.41, 5.74) is 4.14. The van der Waals surface area contributed by atoms with Crippen LogP contribution in [-0.4, -0.2) is 31.1 Å². The first-order valence-corrected chi connectivity index (χ1v) is 8.50. The number of hydrogen-bond donors (Lipinski definition) is 1. The Labute approximate surface area is 139 Å². The minimum atomic E-state index is 0.676. The van der Waals surface area contributed by atoms with Crippen molar-refractivity contribution in [2.75, 3.05) is 20.2 Å². The number of piperidine rings is 1. The SMILES string of the molecule is COc1cccc([NH2+]C2CCN(Cc3ccccc3C)CC2)c1. The van der Waals surface area contributed by atoms with Gasteiger partial charge >= 0.3 is 0 Å². The lowest BCUT2D eigenvalue weighted by atomic mass is 10.0. The van der Waals surface area contributed by atoms with Crippen molar-refractivity contribution in [1.82, 2.24) is 4.90 Å². The quantitative estimate of drug-likeness (QED) is 0.860. The van der Waals surface area contributed by atoms with Crippen LogP contribution < -0.4 is 10.1 Å². The molecule has 1 heterocycles. The van der Waals surface area contributed by atoms with E-state index in [1.807, 2.05) is 6.07 Å². The molecule has 0 spiro atoms. The number of benzene rings is 2. The lowest BCUT2D eigenvalue weighted by Gasteiger charge is -2.31. The number of aryl methyl sites for hydroxylation is 1. The van der Waals surface area contributed by atoms with Gasteiger partial charge in [-0.3, -0.25) is 4.90 Å². The van der Waals surface area contributed by atoms with Crippen LogP contribution >= 0.6 is 0 Å². The Morgan fingerprint density at radius 3 is 2.61 bits per heavy atom. The Balaban J connectivity index is 1.51. The van der Waals surface area contributed by atoms with Gasteiger partial charge in [0.1, 0.15) is 11.4 Å². The highest BCUT2D eigenvalue weighted by molar-refractivity contribution is 5.37. The fourth-order valence-corrected chi connectivity index (χ4v) is 3.32. The molecule has 3 rings (SSSR count). The highest BCUT2D eigenvalue weighted by atomic mass is 16.5. The van der Waals surface area contributed by atoms with Crippen LogP contribution in [0.2, 0.25) is 0 Å². The zero-order valence-corrected chi connectivity index (χ0v) is 14.2. The maximum atomic E-state index is 5.31. The molecule has 1 aliphatic rings. The van der Waals surface area contributed by atoms with Gasteiger partial charge in [-0.1, -0.05) is 30.3 Å². The third-order valence-electron chi connectivity index (χ3n) is 4.81. The van der Waals surface area contributed by atoms with Crippen molar-refractivity contribution < 1.29 is 10.1 Å². The molecule has 1 saturated heterocycles. The third-order valence-corrected chi connectivity index (χ3v) is 4.81. The van der Waals surface area contributed by atoms with Crippen LogP contribution in [0.1, 0.15) is 24.0 Å². The van der Waals surface area contributed by atoms with E-state index in [4.69, 9.17) is 4.74 Å². The van der Waals surface area contributed by atoms with Gasteiger partial charge in [0.25, 0.3) is 0 Å². The molecule has 2 aromatic carbocycles. The molecule has 0 atom stereocenters. The molecule has 0 unspecified atom stereocenters. The largest absolute Gasteiger partial charge is 0.497 e. The fraction of sp³-hybridized carbons (Fsp3) is 0.400. The van der Waals surface area contributed by atoms with Crippen molar-refractivity contribution in [2.45, 2.75) is 32.4 Å². The van der Waals surface area contributed by atoms with E-state index in [2.05, 4.69) is 59.6 Å². The second kappa shape index (κ2) is 7.62. The van der Waals surface area contributed by atoms with Gasteiger partial charge < -0.3 is 10.1 Å². The van der Waals surface area contributed by atoms with E-state index in [0.717, 1.165) is 12.3 Å². The van der Waals surface area contributed by atoms with Crippen LogP contribution in [0.25, 0.3) is 0 Å². The van der Waals surface area contributed by atoms with E-state index in [0.29, 0.717) is 6.04 Å². The predicted molar refractivity (Wildman–Crippen MR) is 94.1 cm³/mol. The molecule has 23 heavy (non-hydrogen) atoms. The Morgan fingerprint density at radius 1 is 1.09 bits per heavy atom. The topological polar surface area (TPSA) is 29.1 Å². The smallest absolute Gasteiger partial charge is 0.133 e. The van der Waals surface area contributed by atoms with Crippen LogP contribution in [0, 0.1) is 6.92 Å². The lowest BCUT2D eigenvalue weighted by Crippen LogP contribution is -2.85. The molecule has 1 fully saturated rings.